The Bertz CT molecular complexity index is 789. The predicted molar refractivity (Wildman–Crippen MR) is 124 cm³/mol. The lowest BCUT2D eigenvalue weighted by Gasteiger charge is -2.30. The van der Waals surface area contributed by atoms with Crippen LogP contribution in [0.1, 0.15) is 50.3 Å². The number of rotatable bonds is 7. The van der Waals surface area contributed by atoms with Gasteiger partial charge in [-0.1, -0.05) is 18.2 Å². The van der Waals surface area contributed by atoms with Gasteiger partial charge in [-0.2, -0.15) is 0 Å². The van der Waals surface area contributed by atoms with Crippen molar-refractivity contribution < 1.29 is 0 Å². The topological polar surface area (TPSA) is 51.2 Å². The van der Waals surface area contributed by atoms with Gasteiger partial charge in [0.1, 0.15) is 0 Å². The summed E-state index contributed by atoms with van der Waals surface area (Å²) in [5.74, 6) is 0. The summed E-state index contributed by atoms with van der Waals surface area (Å²) >= 11 is 0. The highest BCUT2D eigenvalue weighted by molar-refractivity contribution is 6.22. The van der Waals surface area contributed by atoms with Gasteiger partial charge in [-0.3, -0.25) is 0 Å². The number of hydrogen-bond acceptors (Lipinski definition) is 4. The van der Waals surface area contributed by atoms with Gasteiger partial charge in [0, 0.05) is 41.3 Å². The van der Waals surface area contributed by atoms with Gasteiger partial charge in [0.05, 0.1) is 0 Å². The summed E-state index contributed by atoms with van der Waals surface area (Å²) in [6.45, 7) is 14.4. The van der Waals surface area contributed by atoms with Crippen LogP contribution in [-0.4, -0.2) is 43.8 Å². The number of benzene rings is 1. The van der Waals surface area contributed by atoms with E-state index in [-0.39, 0.29) is 0 Å². The maximum atomic E-state index is 8.15. The molecule has 1 saturated heterocycles. The maximum absolute atomic E-state index is 8.15. The molecule has 1 aromatic rings. The Morgan fingerprint density at radius 1 is 1.21 bits per heavy atom. The van der Waals surface area contributed by atoms with Crippen LogP contribution in [0.5, 0.6) is 0 Å². The van der Waals surface area contributed by atoms with Crippen molar-refractivity contribution in [2.45, 2.75) is 46.6 Å². The second kappa shape index (κ2) is 9.74. The van der Waals surface area contributed by atoms with Gasteiger partial charge in [-0.05, 0) is 90.0 Å². The molecule has 4 heteroatoms. The SMILES string of the molecule is C=C/C(=C\c1c(C)cc(C(C(C)=N)=C(C)C)cc1NC)NC1CCN(C)CC1. The highest BCUT2D eigenvalue weighted by Gasteiger charge is 2.17. The lowest BCUT2D eigenvalue weighted by molar-refractivity contribution is 0.242. The minimum atomic E-state index is 0.496. The van der Waals surface area contributed by atoms with Crippen LogP contribution in [0.15, 0.2) is 36.1 Å². The van der Waals surface area contributed by atoms with E-state index in [4.69, 9.17) is 5.41 Å². The van der Waals surface area contributed by atoms with Crippen LogP contribution in [0.3, 0.4) is 0 Å². The second-order valence-corrected chi connectivity index (χ2v) is 8.03. The molecular weight excluding hydrogens is 344 g/mol. The molecule has 3 N–H and O–H groups in total. The molecule has 4 nitrogen and oxygen atoms in total. The molecule has 1 fully saturated rings. The van der Waals surface area contributed by atoms with E-state index in [1.54, 1.807) is 0 Å². The first kappa shape index (κ1) is 22.0. The molecule has 0 atom stereocenters. The summed E-state index contributed by atoms with van der Waals surface area (Å²) in [6.07, 6.45) is 6.41. The quantitative estimate of drug-likeness (QED) is 0.457. The summed E-state index contributed by atoms with van der Waals surface area (Å²) in [6, 6.07) is 4.83. The molecule has 0 unspecified atom stereocenters. The van der Waals surface area contributed by atoms with Crippen molar-refractivity contribution in [3.8, 4) is 0 Å². The molecule has 0 spiro atoms. The van der Waals surface area contributed by atoms with E-state index >= 15 is 0 Å². The lowest BCUT2D eigenvalue weighted by atomic mass is 9.92. The van der Waals surface area contributed by atoms with Crippen molar-refractivity contribution in [1.82, 2.24) is 10.2 Å². The van der Waals surface area contributed by atoms with Crippen molar-refractivity contribution in [2.24, 2.45) is 0 Å². The highest BCUT2D eigenvalue weighted by Crippen LogP contribution is 2.30. The van der Waals surface area contributed by atoms with Crippen LogP contribution < -0.4 is 10.6 Å². The summed E-state index contributed by atoms with van der Waals surface area (Å²) in [7, 11) is 4.13. The van der Waals surface area contributed by atoms with E-state index < -0.39 is 0 Å². The molecule has 1 heterocycles. The first-order chi connectivity index (χ1) is 13.3. The van der Waals surface area contributed by atoms with E-state index in [9.17, 15) is 0 Å². The van der Waals surface area contributed by atoms with Gasteiger partial charge in [-0.25, -0.2) is 0 Å². The third-order valence-electron chi connectivity index (χ3n) is 5.43. The van der Waals surface area contributed by atoms with Crippen LogP contribution >= 0.6 is 0 Å². The normalized spacial score (nSPS) is 15.9. The van der Waals surface area contributed by atoms with Crippen LogP contribution in [0.4, 0.5) is 5.69 Å². The molecule has 1 aliphatic rings. The second-order valence-electron chi connectivity index (χ2n) is 8.03. The van der Waals surface area contributed by atoms with E-state index in [1.807, 2.05) is 20.0 Å². The molecule has 1 aromatic carbocycles. The third-order valence-corrected chi connectivity index (χ3v) is 5.43. The number of likely N-dealkylation sites (tertiary alicyclic amines) is 1. The smallest absolute Gasteiger partial charge is 0.0420 e. The molecule has 0 saturated carbocycles. The standard InChI is InChI=1S/C24H36N4/c1-8-20(27-21-9-11-28(7)12-10-21)15-22-17(4)13-19(14-23(22)26-6)24(16(2)3)18(5)25/h8,13-15,21,25-27H,1,9-12H2,2-7H3/b20-15+,25-18?. The van der Waals surface area contributed by atoms with Gasteiger partial charge in [0.25, 0.3) is 0 Å². The number of nitrogens with zero attached hydrogens (tertiary/aromatic N) is 1. The number of nitrogens with one attached hydrogen (secondary N) is 3. The molecule has 28 heavy (non-hydrogen) atoms. The molecular formula is C24H36N4. The van der Waals surface area contributed by atoms with Crippen molar-refractivity contribution in [3.63, 3.8) is 0 Å². The predicted octanol–water partition coefficient (Wildman–Crippen LogP) is 5.08. The summed E-state index contributed by atoms with van der Waals surface area (Å²) in [5, 5.41) is 15.2. The van der Waals surface area contributed by atoms with Crippen molar-refractivity contribution in [1.29, 1.82) is 5.41 Å². The fourth-order valence-corrected chi connectivity index (χ4v) is 3.92. The Hall–Kier alpha value is -2.33. The molecule has 0 aliphatic carbocycles. The Kier molecular flexibility index (Phi) is 7.64. The Labute approximate surface area is 170 Å². The average Bonchev–Trinajstić information content (AvgIpc) is 2.63. The number of aryl methyl sites for hydroxylation is 1. The highest BCUT2D eigenvalue weighted by atomic mass is 15.1. The molecule has 0 aromatic heterocycles. The van der Waals surface area contributed by atoms with Crippen LogP contribution in [-0.2, 0) is 0 Å². The molecule has 0 amide bonds. The zero-order chi connectivity index (χ0) is 20.8. The van der Waals surface area contributed by atoms with Gasteiger partial charge in [0.2, 0.25) is 0 Å². The number of hydrogen-bond donors (Lipinski definition) is 3. The van der Waals surface area contributed by atoms with E-state index in [2.05, 4.69) is 68.1 Å². The number of piperidine rings is 1. The summed E-state index contributed by atoms with van der Waals surface area (Å²) < 4.78 is 0. The zero-order valence-electron chi connectivity index (χ0n) is 18.4. The lowest BCUT2D eigenvalue weighted by Crippen LogP contribution is -2.40. The first-order valence-electron chi connectivity index (χ1n) is 10.1. The van der Waals surface area contributed by atoms with Crippen LogP contribution in [0.25, 0.3) is 11.6 Å². The largest absolute Gasteiger partial charge is 0.388 e. The number of allylic oxidation sites excluding steroid dienone is 3. The van der Waals surface area contributed by atoms with Crippen LogP contribution in [0.2, 0.25) is 0 Å². The Morgan fingerprint density at radius 3 is 2.36 bits per heavy atom. The van der Waals surface area contributed by atoms with Gasteiger partial charge < -0.3 is 20.9 Å². The summed E-state index contributed by atoms with van der Waals surface area (Å²) in [4.78, 5) is 2.38. The zero-order valence-corrected chi connectivity index (χ0v) is 18.4. The van der Waals surface area contributed by atoms with E-state index in [1.165, 1.54) is 5.56 Å². The molecule has 0 bridgehead atoms. The molecule has 152 valence electrons. The third kappa shape index (κ3) is 5.35. The minimum absolute atomic E-state index is 0.496. The average molecular weight is 381 g/mol. The Morgan fingerprint density at radius 2 is 1.86 bits per heavy atom. The number of anilines is 1. The van der Waals surface area contributed by atoms with Crippen molar-refractivity contribution in [3.05, 3.63) is 52.7 Å². The van der Waals surface area contributed by atoms with Crippen molar-refractivity contribution >= 4 is 23.0 Å². The fourth-order valence-electron chi connectivity index (χ4n) is 3.92. The molecule has 1 aliphatic heterocycles. The van der Waals surface area contributed by atoms with Gasteiger partial charge in [-0.15, -0.1) is 0 Å². The van der Waals surface area contributed by atoms with E-state index in [0.717, 1.165) is 59.6 Å². The fraction of sp³-hybridized carbons (Fsp3) is 0.458. The monoisotopic (exact) mass is 380 g/mol. The Balaban J connectivity index is 2.38. The maximum Gasteiger partial charge on any atom is 0.0420 e. The summed E-state index contributed by atoms with van der Waals surface area (Å²) in [5.41, 5.74) is 8.35. The van der Waals surface area contributed by atoms with E-state index in [0.29, 0.717) is 11.8 Å². The van der Waals surface area contributed by atoms with Gasteiger partial charge >= 0.3 is 0 Å². The first-order valence-corrected chi connectivity index (χ1v) is 10.1. The molecule has 0 radical (unpaired) electrons. The van der Waals surface area contributed by atoms with Gasteiger partial charge in [0.15, 0.2) is 0 Å². The molecule has 2 rings (SSSR count). The van der Waals surface area contributed by atoms with Crippen LogP contribution in [0, 0.1) is 12.3 Å². The van der Waals surface area contributed by atoms with Crippen molar-refractivity contribution in [2.75, 3.05) is 32.5 Å². The minimum Gasteiger partial charge on any atom is -0.388 e.